The fourth-order valence-electron chi connectivity index (χ4n) is 4.47. The number of thiazole rings is 1. The Balaban J connectivity index is 1.69. The average molecular weight is 324 g/mol. The first-order chi connectivity index (χ1) is 11.2. The maximum absolute atomic E-state index is 12.9. The van der Waals surface area contributed by atoms with Crippen LogP contribution in [0.2, 0.25) is 0 Å². The Labute approximate surface area is 135 Å². The number of fused-ring (bicyclic) bond motifs is 1. The van der Waals surface area contributed by atoms with Gasteiger partial charge >= 0.3 is 0 Å². The summed E-state index contributed by atoms with van der Waals surface area (Å²) in [5.41, 5.74) is 1.98. The van der Waals surface area contributed by atoms with Crippen molar-refractivity contribution in [3.8, 4) is 0 Å². The van der Waals surface area contributed by atoms with E-state index in [-0.39, 0.29) is 23.5 Å². The van der Waals surface area contributed by atoms with E-state index in [1.54, 1.807) is 11.6 Å². The van der Waals surface area contributed by atoms with E-state index in [2.05, 4.69) is 4.98 Å². The second-order valence-electron chi connectivity index (χ2n) is 6.26. The highest BCUT2D eigenvalue weighted by Crippen LogP contribution is 2.57. The molecule has 0 spiro atoms. The molecular formula is C17H12N2O3S. The van der Waals surface area contributed by atoms with Gasteiger partial charge in [0.2, 0.25) is 11.8 Å². The molecule has 1 aromatic carbocycles. The summed E-state index contributed by atoms with van der Waals surface area (Å²) in [5, 5.41) is 2.15. The van der Waals surface area contributed by atoms with Crippen LogP contribution < -0.4 is 4.90 Å². The summed E-state index contributed by atoms with van der Waals surface area (Å²) < 4.78 is 0. The number of amides is 2. The number of carbonyl (C=O) groups is 3. The molecule has 114 valence electrons. The topological polar surface area (TPSA) is 67.3 Å². The van der Waals surface area contributed by atoms with Crippen LogP contribution in [0.1, 0.15) is 29.4 Å². The number of imide groups is 1. The molecule has 3 aliphatic carbocycles. The zero-order valence-electron chi connectivity index (χ0n) is 12.0. The number of benzene rings is 1. The number of nitrogens with zero attached hydrogens (tertiary/aromatic N) is 2. The minimum Gasteiger partial charge on any atom is -0.299 e. The molecule has 4 atom stereocenters. The Bertz CT molecular complexity index is 860. The van der Waals surface area contributed by atoms with Gasteiger partial charge in [0.15, 0.2) is 5.13 Å². The largest absolute Gasteiger partial charge is 0.299 e. The molecule has 6 rings (SSSR count). The predicted molar refractivity (Wildman–Crippen MR) is 83.1 cm³/mol. The second-order valence-corrected chi connectivity index (χ2v) is 7.13. The van der Waals surface area contributed by atoms with Crippen LogP contribution in [-0.2, 0) is 14.4 Å². The third kappa shape index (κ3) is 1.51. The Kier molecular flexibility index (Phi) is 2.48. The molecule has 0 radical (unpaired) electrons. The lowest BCUT2D eigenvalue weighted by Gasteiger charge is -2.43. The summed E-state index contributed by atoms with van der Waals surface area (Å²) in [6.07, 6.45) is 1.94. The molecule has 0 unspecified atom stereocenters. The molecule has 1 aromatic heterocycles. The molecule has 23 heavy (non-hydrogen) atoms. The number of hydrogen-bond acceptors (Lipinski definition) is 5. The molecular weight excluding hydrogens is 312 g/mol. The highest BCUT2D eigenvalue weighted by molar-refractivity contribution is 7.14. The predicted octanol–water partition coefficient (Wildman–Crippen LogP) is 2.10. The van der Waals surface area contributed by atoms with Crippen molar-refractivity contribution in [2.24, 2.45) is 11.8 Å². The number of hydrogen-bond donors (Lipinski definition) is 0. The van der Waals surface area contributed by atoms with E-state index < -0.39 is 17.8 Å². The molecule has 1 aliphatic heterocycles. The molecule has 2 aromatic rings. The van der Waals surface area contributed by atoms with Crippen LogP contribution in [-0.4, -0.2) is 22.6 Å². The van der Waals surface area contributed by atoms with Crippen molar-refractivity contribution in [3.05, 3.63) is 47.0 Å². The van der Waals surface area contributed by atoms with Gasteiger partial charge in [-0.2, -0.15) is 0 Å². The number of ketones is 1. The summed E-state index contributed by atoms with van der Waals surface area (Å²) in [4.78, 5) is 43.7. The van der Waals surface area contributed by atoms with Gasteiger partial charge in [-0.05, 0) is 11.1 Å². The van der Waals surface area contributed by atoms with Crippen LogP contribution in [0.25, 0.3) is 0 Å². The second kappa shape index (κ2) is 4.35. The van der Waals surface area contributed by atoms with E-state index in [9.17, 15) is 14.4 Å². The summed E-state index contributed by atoms with van der Waals surface area (Å²) >= 11 is 1.27. The van der Waals surface area contributed by atoms with Crippen LogP contribution in [0.3, 0.4) is 0 Å². The van der Waals surface area contributed by atoms with Gasteiger partial charge in [-0.25, -0.2) is 9.88 Å². The van der Waals surface area contributed by atoms with E-state index >= 15 is 0 Å². The van der Waals surface area contributed by atoms with Gasteiger partial charge in [0.25, 0.3) is 0 Å². The van der Waals surface area contributed by atoms with Gasteiger partial charge in [0.05, 0.1) is 17.8 Å². The molecule has 6 heteroatoms. The van der Waals surface area contributed by atoms with E-state index in [0.29, 0.717) is 11.6 Å². The zero-order valence-corrected chi connectivity index (χ0v) is 12.8. The number of Topliss-reactive ketones (excluding diaryl/α,β-unsaturated/α-hetero) is 1. The van der Waals surface area contributed by atoms with Crippen LogP contribution >= 0.6 is 11.3 Å². The summed E-state index contributed by atoms with van der Waals surface area (Å²) in [7, 11) is 0. The molecule has 5 nitrogen and oxygen atoms in total. The normalized spacial score (nSPS) is 31.5. The van der Waals surface area contributed by atoms with Crippen molar-refractivity contribution in [2.75, 3.05) is 4.90 Å². The third-order valence-electron chi connectivity index (χ3n) is 5.30. The van der Waals surface area contributed by atoms with Gasteiger partial charge in [0, 0.05) is 23.9 Å². The van der Waals surface area contributed by atoms with Gasteiger partial charge < -0.3 is 0 Å². The molecule has 4 aliphatic rings. The van der Waals surface area contributed by atoms with Crippen molar-refractivity contribution in [3.63, 3.8) is 0 Å². The highest BCUT2D eigenvalue weighted by atomic mass is 32.1. The van der Waals surface area contributed by atoms with Gasteiger partial charge in [-0.15, -0.1) is 11.3 Å². The van der Waals surface area contributed by atoms with Crippen molar-refractivity contribution in [1.29, 1.82) is 0 Å². The van der Waals surface area contributed by atoms with Crippen LogP contribution in [0, 0.1) is 11.8 Å². The Morgan fingerprint density at radius 3 is 2.52 bits per heavy atom. The first kappa shape index (κ1) is 13.1. The van der Waals surface area contributed by atoms with Gasteiger partial charge in [-0.1, -0.05) is 24.3 Å². The van der Waals surface area contributed by atoms with Gasteiger partial charge in [0.1, 0.15) is 5.78 Å². The lowest BCUT2D eigenvalue weighted by Crippen LogP contribution is -2.44. The lowest BCUT2D eigenvalue weighted by molar-refractivity contribution is -0.134. The van der Waals surface area contributed by atoms with E-state index in [1.807, 2.05) is 24.3 Å². The van der Waals surface area contributed by atoms with Crippen LogP contribution in [0.4, 0.5) is 5.13 Å². The number of aromatic nitrogens is 1. The molecule has 2 heterocycles. The standard InChI is InChI=1S/C17H12N2O3S/c20-11-7-10-8-3-1-2-4-9(8)12(11)14-13(10)15(21)19(16(14)22)17-18-5-6-23-17/h1-6,10,12-14H,7H2/t10-,12-,13+,14+/m0/s1. The molecule has 1 saturated heterocycles. The minimum absolute atomic E-state index is 0.0806. The average Bonchev–Trinajstić information content (AvgIpc) is 3.16. The van der Waals surface area contributed by atoms with Gasteiger partial charge in [-0.3, -0.25) is 14.4 Å². The minimum atomic E-state index is -0.562. The van der Waals surface area contributed by atoms with Crippen molar-refractivity contribution < 1.29 is 14.4 Å². The number of anilines is 1. The highest BCUT2D eigenvalue weighted by Gasteiger charge is 2.63. The van der Waals surface area contributed by atoms with Crippen LogP contribution in [0.15, 0.2) is 35.8 Å². The fraction of sp³-hybridized carbons (Fsp3) is 0.294. The maximum Gasteiger partial charge on any atom is 0.240 e. The SMILES string of the molecule is O=C1C[C@H]2c3ccccc3[C@@H]1[C@H]1C(=O)N(c3nccs3)C(=O)[C@@H]12. The zero-order chi connectivity index (χ0) is 15.7. The quantitative estimate of drug-likeness (QED) is 0.754. The van der Waals surface area contributed by atoms with Crippen molar-refractivity contribution in [2.45, 2.75) is 18.3 Å². The number of carbonyl (C=O) groups excluding carboxylic acids is 3. The summed E-state index contributed by atoms with van der Waals surface area (Å²) in [5.74, 6) is -2.05. The molecule has 2 bridgehead atoms. The van der Waals surface area contributed by atoms with Crippen molar-refractivity contribution in [1.82, 2.24) is 4.98 Å². The monoisotopic (exact) mass is 324 g/mol. The first-order valence-corrected chi connectivity index (χ1v) is 8.45. The maximum atomic E-state index is 12.9. The third-order valence-corrected chi connectivity index (χ3v) is 6.06. The lowest BCUT2D eigenvalue weighted by atomic mass is 9.56. The Morgan fingerprint density at radius 2 is 1.78 bits per heavy atom. The summed E-state index contributed by atoms with van der Waals surface area (Å²) in [6, 6.07) is 7.73. The van der Waals surface area contributed by atoms with E-state index in [0.717, 1.165) is 11.1 Å². The smallest absolute Gasteiger partial charge is 0.240 e. The molecule has 2 amide bonds. The Hall–Kier alpha value is -2.34. The van der Waals surface area contributed by atoms with Crippen LogP contribution in [0.5, 0.6) is 0 Å². The fourth-order valence-corrected chi connectivity index (χ4v) is 5.12. The van der Waals surface area contributed by atoms with E-state index in [4.69, 9.17) is 0 Å². The number of rotatable bonds is 1. The molecule has 1 saturated carbocycles. The summed E-state index contributed by atoms with van der Waals surface area (Å²) in [6.45, 7) is 0. The van der Waals surface area contributed by atoms with Crippen molar-refractivity contribution >= 4 is 34.1 Å². The molecule has 2 fully saturated rings. The first-order valence-electron chi connectivity index (χ1n) is 7.57. The molecule has 0 N–H and O–H groups in total. The Morgan fingerprint density at radius 1 is 1.04 bits per heavy atom. The van der Waals surface area contributed by atoms with E-state index in [1.165, 1.54) is 16.2 Å².